The fraction of sp³-hybridized carbons (Fsp3) is 0.857. The smallest absolute Gasteiger partial charge is 0.319 e. The molecule has 2 aliphatic rings. The van der Waals surface area contributed by atoms with Crippen molar-refractivity contribution in [3.8, 4) is 0 Å². The number of esters is 1. The summed E-state index contributed by atoms with van der Waals surface area (Å²) < 4.78 is 5.41. The van der Waals surface area contributed by atoms with E-state index >= 15 is 0 Å². The highest BCUT2D eigenvalue weighted by atomic mass is 16.6. The van der Waals surface area contributed by atoms with Gasteiger partial charge in [0.15, 0.2) is 0 Å². The number of hydrogen-bond acceptors (Lipinski definition) is 4. The van der Waals surface area contributed by atoms with Crippen LogP contribution >= 0.6 is 0 Å². The molecule has 1 spiro atoms. The van der Waals surface area contributed by atoms with Crippen molar-refractivity contribution in [3.05, 3.63) is 0 Å². The Morgan fingerprint density at radius 3 is 2.42 bits per heavy atom. The van der Waals surface area contributed by atoms with E-state index < -0.39 is 29.1 Å². The largest absolute Gasteiger partial charge is 0.459 e. The highest BCUT2D eigenvalue weighted by molar-refractivity contribution is 6.01. The SMILES string of the molecule is CC(C)(C)OC(=O)C1C(=O)NC(N)C12CCCCC2. The normalized spacial score (nSPS) is 30.2. The van der Waals surface area contributed by atoms with E-state index in [0.29, 0.717) is 0 Å². The fourth-order valence-electron chi connectivity index (χ4n) is 3.33. The molecule has 1 saturated carbocycles. The van der Waals surface area contributed by atoms with Gasteiger partial charge in [0.1, 0.15) is 11.5 Å². The lowest BCUT2D eigenvalue weighted by atomic mass is 9.66. The van der Waals surface area contributed by atoms with Gasteiger partial charge in [0.05, 0.1) is 6.17 Å². The predicted molar refractivity (Wildman–Crippen MR) is 71.0 cm³/mol. The molecule has 5 nitrogen and oxygen atoms in total. The first-order chi connectivity index (χ1) is 8.76. The Morgan fingerprint density at radius 2 is 1.89 bits per heavy atom. The molecular weight excluding hydrogens is 244 g/mol. The minimum absolute atomic E-state index is 0.274. The number of ether oxygens (including phenoxy) is 1. The molecule has 2 atom stereocenters. The molecule has 0 aromatic heterocycles. The second-order valence-electron chi connectivity index (χ2n) is 6.75. The second kappa shape index (κ2) is 4.78. The highest BCUT2D eigenvalue weighted by Crippen LogP contribution is 2.48. The molecule has 1 aliphatic carbocycles. The molecule has 1 aliphatic heterocycles. The zero-order valence-electron chi connectivity index (χ0n) is 12.0. The lowest BCUT2D eigenvalue weighted by Crippen LogP contribution is -2.49. The quantitative estimate of drug-likeness (QED) is 0.555. The zero-order chi connectivity index (χ0) is 14.3. The maximum Gasteiger partial charge on any atom is 0.319 e. The summed E-state index contributed by atoms with van der Waals surface area (Å²) in [6.07, 6.45) is 4.37. The first-order valence-electron chi connectivity index (χ1n) is 7.05. The van der Waals surface area contributed by atoms with Crippen LogP contribution in [0.1, 0.15) is 52.9 Å². The van der Waals surface area contributed by atoms with E-state index in [-0.39, 0.29) is 5.91 Å². The van der Waals surface area contributed by atoms with Crippen LogP contribution in [0, 0.1) is 11.3 Å². The lowest BCUT2D eigenvalue weighted by molar-refractivity contribution is -0.166. The van der Waals surface area contributed by atoms with E-state index in [9.17, 15) is 9.59 Å². The number of hydrogen-bond donors (Lipinski definition) is 2. The number of nitrogens with one attached hydrogen (secondary N) is 1. The lowest BCUT2D eigenvalue weighted by Gasteiger charge is -2.39. The highest BCUT2D eigenvalue weighted by Gasteiger charge is 2.58. The van der Waals surface area contributed by atoms with Crippen molar-refractivity contribution in [1.29, 1.82) is 0 Å². The van der Waals surface area contributed by atoms with E-state index in [2.05, 4.69) is 5.32 Å². The van der Waals surface area contributed by atoms with Crippen LogP contribution in [0.25, 0.3) is 0 Å². The molecule has 5 heteroatoms. The maximum absolute atomic E-state index is 12.4. The molecule has 19 heavy (non-hydrogen) atoms. The molecule has 0 radical (unpaired) electrons. The summed E-state index contributed by atoms with van der Waals surface area (Å²) in [5, 5.41) is 2.73. The molecule has 2 fully saturated rings. The third kappa shape index (κ3) is 2.61. The van der Waals surface area contributed by atoms with Gasteiger partial charge in [0, 0.05) is 5.41 Å². The van der Waals surface area contributed by atoms with Crippen LogP contribution in [0.3, 0.4) is 0 Å². The molecule has 0 aromatic carbocycles. The third-order valence-electron chi connectivity index (χ3n) is 4.18. The van der Waals surface area contributed by atoms with Gasteiger partial charge in [-0.3, -0.25) is 9.59 Å². The molecule has 0 aromatic rings. The summed E-state index contributed by atoms with van der Waals surface area (Å²) in [5.74, 6) is -1.45. The second-order valence-corrected chi connectivity index (χ2v) is 6.75. The Kier molecular flexibility index (Phi) is 3.60. The van der Waals surface area contributed by atoms with E-state index in [1.54, 1.807) is 0 Å². The van der Waals surface area contributed by atoms with Crippen LogP contribution in [0.4, 0.5) is 0 Å². The molecule has 108 valence electrons. The van der Waals surface area contributed by atoms with Crippen molar-refractivity contribution in [1.82, 2.24) is 5.32 Å². The van der Waals surface area contributed by atoms with Gasteiger partial charge >= 0.3 is 5.97 Å². The van der Waals surface area contributed by atoms with Crippen molar-refractivity contribution in [3.63, 3.8) is 0 Å². The van der Waals surface area contributed by atoms with Crippen LogP contribution in [-0.4, -0.2) is 23.6 Å². The van der Waals surface area contributed by atoms with E-state index in [4.69, 9.17) is 10.5 Å². The summed E-state index contributed by atoms with van der Waals surface area (Å²) in [6, 6.07) is 0. The Labute approximate surface area is 114 Å². The summed E-state index contributed by atoms with van der Waals surface area (Å²) in [4.78, 5) is 24.4. The van der Waals surface area contributed by atoms with Crippen molar-refractivity contribution < 1.29 is 14.3 Å². The van der Waals surface area contributed by atoms with E-state index in [0.717, 1.165) is 32.1 Å². The third-order valence-corrected chi connectivity index (χ3v) is 4.18. The van der Waals surface area contributed by atoms with Gasteiger partial charge < -0.3 is 15.8 Å². The van der Waals surface area contributed by atoms with Crippen LogP contribution in [0.15, 0.2) is 0 Å². The Morgan fingerprint density at radius 1 is 1.32 bits per heavy atom. The van der Waals surface area contributed by atoms with Gasteiger partial charge in [-0.2, -0.15) is 0 Å². The van der Waals surface area contributed by atoms with Gasteiger partial charge in [0.2, 0.25) is 5.91 Å². The minimum Gasteiger partial charge on any atom is -0.459 e. The molecule has 2 unspecified atom stereocenters. The Hall–Kier alpha value is -1.10. The number of carbonyl (C=O) groups excluding carboxylic acids is 2. The molecule has 1 saturated heterocycles. The first-order valence-corrected chi connectivity index (χ1v) is 7.05. The van der Waals surface area contributed by atoms with Crippen LogP contribution < -0.4 is 11.1 Å². The molecular formula is C14H24N2O3. The van der Waals surface area contributed by atoms with Gasteiger partial charge in [-0.1, -0.05) is 19.3 Å². The van der Waals surface area contributed by atoms with Gasteiger partial charge in [-0.15, -0.1) is 0 Å². The molecule has 1 heterocycles. The average molecular weight is 268 g/mol. The van der Waals surface area contributed by atoms with Crippen LogP contribution in [0.5, 0.6) is 0 Å². The topological polar surface area (TPSA) is 81.4 Å². The standard InChI is InChI=1S/C14H24N2O3/c1-13(2,3)19-11(18)9-10(17)16-12(15)14(9)7-5-4-6-8-14/h9,12H,4-8,15H2,1-3H3,(H,16,17). The number of carbonyl (C=O) groups is 2. The van der Waals surface area contributed by atoms with E-state index in [1.807, 2.05) is 20.8 Å². The summed E-state index contributed by atoms with van der Waals surface area (Å²) in [5.41, 5.74) is 5.06. The van der Waals surface area contributed by atoms with Gasteiger partial charge in [-0.25, -0.2) is 0 Å². The monoisotopic (exact) mass is 268 g/mol. The molecule has 1 amide bonds. The molecule has 0 bridgehead atoms. The average Bonchev–Trinajstić information content (AvgIpc) is 2.49. The predicted octanol–water partition coefficient (Wildman–Crippen LogP) is 1.31. The zero-order valence-corrected chi connectivity index (χ0v) is 12.0. The summed E-state index contributed by atoms with van der Waals surface area (Å²) >= 11 is 0. The molecule has 3 N–H and O–H groups in total. The van der Waals surface area contributed by atoms with Gasteiger partial charge in [0.25, 0.3) is 0 Å². The minimum atomic E-state index is -0.748. The number of nitrogens with two attached hydrogens (primary N) is 1. The number of amides is 1. The van der Waals surface area contributed by atoms with Gasteiger partial charge in [-0.05, 0) is 33.6 Å². The fourth-order valence-corrected chi connectivity index (χ4v) is 3.33. The Balaban J connectivity index is 2.25. The Bertz CT molecular complexity index is 381. The van der Waals surface area contributed by atoms with Crippen molar-refractivity contribution in [2.75, 3.05) is 0 Å². The number of rotatable bonds is 1. The van der Waals surface area contributed by atoms with E-state index in [1.165, 1.54) is 0 Å². The molecule has 2 rings (SSSR count). The van der Waals surface area contributed by atoms with Crippen molar-refractivity contribution in [2.24, 2.45) is 17.1 Å². The van der Waals surface area contributed by atoms with Crippen LogP contribution in [-0.2, 0) is 14.3 Å². The summed E-state index contributed by atoms with van der Waals surface area (Å²) in [7, 11) is 0. The maximum atomic E-state index is 12.4. The van der Waals surface area contributed by atoms with Crippen molar-refractivity contribution >= 4 is 11.9 Å². The summed E-state index contributed by atoms with van der Waals surface area (Å²) in [6.45, 7) is 5.43. The first kappa shape index (κ1) is 14.3. The van der Waals surface area contributed by atoms with Crippen molar-refractivity contribution in [2.45, 2.75) is 64.6 Å². The van der Waals surface area contributed by atoms with Crippen LogP contribution in [0.2, 0.25) is 0 Å².